The molecule has 0 bridgehead atoms. The Hall–Kier alpha value is -1.24. The summed E-state index contributed by atoms with van der Waals surface area (Å²) in [7, 11) is 0. The van der Waals surface area contributed by atoms with Crippen LogP contribution < -0.4 is 4.74 Å². The number of pyridine rings is 1. The SMILES string of the molecule is CCOC(C)=O.O=C(O)COc1nc(Cl)c(Cl)cc1Cl. The van der Waals surface area contributed by atoms with Crippen molar-refractivity contribution in [2.75, 3.05) is 13.2 Å². The molecule has 0 amide bonds. The van der Waals surface area contributed by atoms with Gasteiger partial charge >= 0.3 is 11.9 Å². The van der Waals surface area contributed by atoms with Crippen molar-refractivity contribution in [1.82, 2.24) is 4.98 Å². The number of carboxylic acid groups (broad SMARTS) is 1. The minimum Gasteiger partial charge on any atom is -0.479 e. The van der Waals surface area contributed by atoms with Gasteiger partial charge in [-0.3, -0.25) is 4.79 Å². The van der Waals surface area contributed by atoms with Crippen LogP contribution in [0.25, 0.3) is 0 Å². The molecule has 1 N–H and O–H groups in total. The van der Waals surface area contributed by atoms with E-state index in [9.17, 15) is 9.59 Å². The number of halogens is 3. The van der Waals surface area contributed by atoms with E-state index in [1.807, 2.05) is 0 Å². The second-order valence-corrected chi connectivity index (χ2v) is 4.33. The van der Waals surface area contributed by atoms with E-state index >= 15 is 0 Å². The molecule has 1 aromatic heterocycles. The Kier molecular flexibility index (Phi) is 9.03. The van der Waals surface area contributed by atoms with E-state index in [2.05, 4.69) is 9.72 Å². The minimum atomic E-state index is -1.13. The third kappa shape index (κ3) is 8.04. The standard InChI is InChI=1S/C7H4Cl3NO3.C4H8O2/c8-3-1-4(9)7(11-6(3)10)14-2-5(12)13;1-3-6-4(2)5/h1H,2H2,(H,12,13);3H2,1-2H3. The van der Waals surface area contributed by atoms with Gasteiger partial charge in [-0.2, -0.15) is 4.98 Å². The average Bonchev–Trinajstić information content (AvgIpc) is 2.32. The quantitative estimate of drug-likeness (QED) is 0.667. The first kappa shape index (κ1) is 18.8. The van der Waals surface area contributed by atoms with Gasteiger partial charge in [0.1, 0.15) is 5.02 Å². The Bertz CT molecular complexity index is 481. The molecule has 112 valence electrons. The maximum atomic E-state index is 10.2. The van der Waals surface area contributed by atoms with Crippen LogP contribution in [0.1, 0.15) is 13.8 Å². The predicted octanol–water partition coefficient (Wildman–Crippen LogP) is 3.07. The van der Waals surface area contributed by atoms with Crippen molar-refractivity contribution in [2.24, 2.45) is 0 Å². The number of carboxylic acids is 1. The van der Waals surface area contributed by atoms with Crippen LogP contribution >= 0.6 is 34.8 Å². The smallest absolute Gasteiger partial charge is 0.341 e. The first-order valence-corrected chi connectivity index (χ1v) is 6.40. The molecule has 0 radical (unpaired) electrons. The predicted molar refractivity (Wildman–Crippen MR) is 74.7 cm³/mol. The molecule has 20 heavy (non-hydrogen) atoms. The number of carbonyl (C=O) groups excluding carboxylic acids is 1. The van der Waals surface area contributed by atoms with Crippen LogP contribution in [0.15, 0.2) is 6.07 Å². The van der Waals surface area contributed by atoms with Crippen molar-refractivity contribution < 1.29 is 24.2 Å². The number of aliphatic carboxylic acids is 1. The zero-order valence-corrected chi connectivity index (χ0v) is 12.9. The second-order valence-electron chi connectivity index (χ2n) is 3.15. The van der Waals surface area contributed by atoms with E-state index < -0.39 is 12.6 Å². The maximum absolute atomic E-state index is 10.2. The number of hydrogen-bond acceptors (Lipinski definition) is 5. The lowest BCUT2D eigenvalue weighted by molar-refractivity contribution is -0.140. The average molecular weight is 345 g/mol. The summed E-state index contributed by atoms with van der Waals surface area (Å²) < 4.78 is 9.15. The van der Waals surface area contributed by atoms with Crippen molar-refractivity contribution in [3.63, 3.8) is 0 Å². The zero-order valence-electron chi connectivity index (χ0n) is 10.7. The van der Waals surface area contributed by atoms with Crippen LogP contribution in [0.2, 0.25) is 15.2 Å². The number of hydrogen-bond donors (Lipinski definition) is 1. The lowest BCUT2D eigenvalue weighted by Gasteiger charge is -2.05. The number of rotatable bonds is 4. The van der Waals surface area contributed by atoms with E-state index in [0.29, 0.717) is 6.61 Å². The molecule has 0 aliphatic rings. The zero-order chi connectivity index (χ0) is 15.7. The van der Waals surface area contributed by atoms with Gasteiger partial charge < -0.3 is 14.6 Å². The van der Waals surface area contributed by atoms with E-state index in [-0.39, 0.29) is 27.0 Å². The Morgan fingerprint density at radius 2 is 1.90 bits per heavy atom. The largest absolute Gasteiger partial charge is 0.479 e. The van der Waals surface area contributed by atoms with Crippen LogP contribution in [0, 0.1) is 0 Å². The fraction of sp³-hybridized carbons (Fsp3) is 0.364. The highest BCUT2D eigenvalue weighted by atomic mass is 35.5. The molecule has 6 nitrogen and oxygen atoms in total. The first-order valence-electron chi connectivity index (χ1n) is 5.27. The Balaban J connectivity index is 0.000000511. The Morgan fingerprint density at radius 1 is 1.30 bits per heavy atom. The van der Waals surface area contributed by atoms with Crippen molar-refractivity contribution in [3.8, 4) is 5.88 Å². The first-order chi connectivity index (χ1) is 9.27. The van der Waals surface area contributed by atoms with E-state index in [0.717, 1.165) is 0 Å². The summed E-state index contributed by atoms with van der Waals surface area (Å²) in [5, 5.41) is 8.64. The molecule has 1 heterocycles. The van der Waals surface area contributed by atoms with Gasteiger partial charge in [0.05, 0.1) is 11.6 Å². The molecule has 0 saturated heterocycles. The fourth-order valence-electron chi connectivity index (χ4n) is 0.863. The second kappa shape index (κ2) is 9.63. The lowest BCUT2D eigenvalue weighted by Crippen LogP contribution is -2.10. The number of esters is 1. The summed E-state index contributed by atoms with van der Waals surface area (Å²) in [6.07, 6.45) is 0. The monoisotopic (exact) mass is 343 g/mol. The topological polar surface area (TPSA) is 85.7 Å². The van der Waals surface area contributed by atoms with Crippen LogP contribution in [0.5, 0.6) is 5.88 Å². The molecule has 0 aliphatic heterocycles. The highest BCUT2D eigenvalue weighted by molar-refractivity contribution is 6.42. The van der Waals surface area contributed by atoms with Gasteiger partial charge in [0.2, 0.25) is 5.88 Å². The van der Waals surface area contributed by atoms with Crippen LogP contribution in [-0.4, -0.2) is 35.2 Å². The van der Waals surface area contributed by atoms with Gasteiger partial charge in [0.15, 0.2) is 11.8 Å². The maximum Gasteiger partial charge on any atom is 0.341 e. The van der Waals surface area contributed by atoms with Crippen molar-refractivity contribution in [3.05, 3.63) is 21.3 Å². The molecule has 0 aliphatic carbocycles. The van der Waals surface area contributed by atoms with E-state index in [4.69, 9.17) is 44.6 Å². The van der Waals surface area contributed by atoms with Gasteiger partial charge in [-0.1, -0.05) is 34.8 Å². The number of aromatic nitrogens is 1. The number of ether oxygens (including phenoxy) is 2. The van der Waals surface area contributed by atoms with Crippen molar-refractivity contribution in [1.29, 1.82) is 0 Å². The van der Waals surface area contributed by atoms with E-state index in [1.165, 1.54) is 13.0 Å². The summed E-state index contributed by atoms with van der Waals surface area (Å²) in [4.78, 5) is 23.7. The van der Waals surface area contributed by atoms with Crippen LogP contribution in [0.3, 0.4) is 0 Å². The van der Waals surface area contributed by atoms with Gasteiger partial charge in [0, 0.05) is 6.92 Å². The Labute approximate surface area is 130 Å². The van der Waals surface area contributed by atoms with Crippen LogP contribution in [-0.2, 0) is 14.3 Å². The van der Waals surface area contributed by atoms with Gasteiger partial charge in [-0.05, 0) is 13.0 Å². The Morgan fingerprint density at radius 3 is 2.30 bits per heavy atom. The summed E-state index contributed by atoms with van der Waals surface area (Å²) in [6, 6.07) is 1.33. The highest BCUT2D eigenvalue weighted by Gasteiger charge is 2.10. The molecule has 1 rings (SSSR count). The molecule has 9 heteroatoms. The fourth-order valence-corrected chi connectivity index (χ4v) is 1.41. The van der Waals surface area contributed by atoms with Crippen molar-refractivity contribution in [2.45, 2.75) is 13.8 Å². The van der Waals surface area contributed by atoms with Gasteiger partial charge in [-0.15, -0.1) is 0 Å². The normalized spacial score (nSPS) is 9.25. The molecule has 0 atom stereocenters. The van der Waals surface area contributed by atoms with Crippen LogP contribution in [0.4, 0.5) is 0 Å². The molecule has 0 aromatic carbocycles. The molecular weight excluding hydrogens is 332 g/mol. The van der Waals surface area contributed by atoms with Gasteiger partial charge in [0.25, 0.3) is 0 Å². The number of nitrogens with zero attached hydrogens (tertiary/aromatic N) is 1. The summed E-state index contributed by atoms with van der Waals surface area (Å²) in [6.45, 7) is 3.12. The van der Waals surface area contributed by atoms with Gasteiger partial charge in [-0.25, -0.2) is 4.79 Å². The van der Waals surface area contributed by atoms with E-state index in [1.54, 1.807) is 6.92 Å². The number of carbonyl (C=O) groups is 2. The minimum absolute atomic E-state index is 0.0106. The molecule has 1 aromatic rings. The van der Waals surface area contributed by atoms with Crippen molar-refractivity contribution >= 4 is 46.7 Å². The lowest BCUT2D eigenvalue weighted by atomic mass is 10.5. The third-order valence-corrected chi connectivity index (χ3v) is 2.48. The third-order valence-electron chi connectivity index (χ3n) is 1.53. The molecule has 0 saturated carbocycles. The molecule has 0 fully saturated rings. The summed E-state index contributed by atoms with van der Waals surface area (Å²) >= 11 is 16.8. The molecule has 0 spiro atoms. The summed E-state index contributed by atoms with van der Waals surface area (Å²) in [5.41, 5.74) is 0. The summed E-state index contributed by atoms with van der Waals surface area (Å²) in [5.74, 6) is -1.39. The highest BCUT2D eigenvalue weighted by Crippen LogP contribution is 2.30. The molecule has 0 unspecified atom stereocenters. The molecular formula is C11H12Cl3NO5.